The standard InChI is InChI=1S/C11H9ClO2S/c1-2-14-7-3-4-10-8(5-7)9(6-13)11(12)15-10/h3-6H,2H2,1H3. The van der Waals surface area contributed by atoms with Crippen molar-refractivity contribution in [3.05, 3.63) is 28.1 Å². The second-order valence-corrected chi connectivity index (χ2v) is 4.65. The van der Waals surface area contributed by atoms with E-state index in [1.165, 1.54) is 11.3 Å². The minimum atomic E-state index is 0.536. The van der Waals surface area contributed by atoms with Crippen LogP contribution in [0.4, 0.5) is 0 Å². The topological polar surface area (TPSA) is 26.3 Å². The number of aldehydes is 1. The molecule has 78 valence electrons. The number of fused-ring (bicyclic) bond motifs is 1. The molecule has 0 saturated heterocycles. The minimum Gasteiger partial charge on any atom is -0.494 e. The summed E-state index contributed by atoms with van der Waals surface area (Å²) in [6.07, 6.45) is 0.789. The van der Waals surface area contributed by atoms with Crippen molar-refractivity contribution in [2.45, 2.75) is 6.92 Å². The predicted molar refractivity (Wildman–Crippen MR) is 63.4 cm³/mol. The molecule has 0 N–H and O–H groups in total. The molecule has 0 amide bonds. The van der Waals surface area contributed by atoms with Crippen LogP contribution >= 0.6 is 22.9 Å². The lowest BCUT2D eigenvalue weighted by molar-refractivity contribution is 0.112. The van der Waals surface area contributed by atoms with Gasteiger partial charge in [0.05, 0.1) is 12.2 Å². The smallest absolute Gasteiger partial charge is 0.153 e. The number of rotatable bonds is 3. The molecule has 0 atom stereocenters. The zero-order valence-corrected chi connectivity index (χ0v) is 9.69. The van der Waals surface area contributed by atoms with Crippen LogP contribution in [0, 0.1) is 0 Å². The summed E-state index contributed by atoms with van der Waals surface area (Å²) in [7, 11) is 0. The van der Waals surface area contributed by atoms with Crippen LogP contribution in [0.15, 0.2) is 18.2 Å². The van der Waals surface area contributed by atoms with E-state index >= 15 is 0 Å². The van der Waals surface area contributed by atoms with Gasteiger partial charge in [-0.1, -0.05) is 11.6 Å². The molecular weight excluding hydrogens is 232 g/mol. The summed E-state index contributed by atoms with van der Waals surface area (Å²) in [6, 6.07) is 5.65. The molecule has 2 nitrogen and oxygen atoms in total. The molecule has 0 radical (unpaired) electrons. The van der Waals surface area contributed by atoms with E-state index in [1.54, 1.807) is 0 Å². The molecule has 0 bridgehead atoms. The lowest BCUT2D eigenvalue weighted by Crippen LogP contribution is -1.90. The highest BCUT2D eigenvalue weighted by Crippen LogP contribution is 2.35. The summed E-state index contributed by atoms with van der Waals surface area (Å²) >= 11 is 7.35. The van der Waals surface area contributed by atoms with E-state index in [1.807, 2.05) is 25.1 Å². The minimum absolute atomic E-state index is 0.536. The Labute approximate surface area is 96.4 Å². The molecule has 0 aliphatic carbocycles. The van der Waals surface area contributed by atoms with Crippen molar-refractivity contribution in [3.8, 4) is 5.75 Å². The summed E-state index contributed by atoms with van der Waals surface area (Å²) in [6.45, 7) is 2.53. The zero-order chi connectivity index (χ0) is 10.8. The van der Waals surface area contributed by atoms with Crippen LogP contribution in [-0.2, 0) is 0 Å². The monoisotopic (exact) mass is 240 g/mol. The van der Waals surface area contributed by atoms with Gasteiger partial charge in [0.2, 0.25) is 0 Å². The van der Waals surface area contributed by atoms with Crippen molar-refractivity contribution in [2.24, 2.45) is 0 Å². The highest BCUT2D eigenvalue weighted by molar-refractivity contribution is 7.23. The van der Waals surface area contributed by atoms with Crippen LogP contribution in [0.3, 0.4) is 0 Å². The van der Waals surface area contributed by atoms with Gasteiger partial charge in [0.15, 0.2) is 6.29 Å². The predicted octanol–water partition coefficient (Wildman–Crippen LogP) is 3.77. The average molecular weight is 241 g/mol. The first kappa shape index (κ1) is 10.5. The van der Waals surface area contributed by atoms with Crippen LogP contribution in [0.2, 0.25) is 4.34 Å². The highest BCUT2D eigenvalue weighted by atomic mass is 35.5. The maximum Gasteiger partial charge on any atom is 0.153 e. The largest absolute Gasteiger partial charge is 0.494 e. The number of carbonyl (C=O) groups is 1. The Morgan fingerprint density at radius 1 is 1.53 bits per heavy atom. The van der Waals surface area contributed by atoms with Crippen LogP contribution in [0.1, 0.15) is 17.3 Å². The zero-order valence-electron chi connectivity index (χ0n) is 8.12. The summed E-state index contributed by atoms with van der Waals surface area (Å²) in [5.74, 6) is 0.766. The molecule has 1 aromatic carbocycles. The molecule has 0 spiro atoms. The first-order valence-electron chi connectivity index (χ1n) is 4.56. The van der Waals surface area contributed by atoms with Gasteiger partial charge in [0.1, 0.15) is 10.1 Å². The van der Waals surface area contributed by atoms with Gasteiger partial charge < -0.3 is 4.74 Å². The first-order chi connectivity index (χ1) is 7.26. The number of hydrogen-bond acceptors (Lipinski definition) is 3. The molecule has 0 fully saturated rings. The molecule has 1 heterocycles. The normalized spacial score (nSPS) is 10.5. The van der Waals surface area contributed by atoms with E-state index in [9.17, 15) is 4.79 Å². The molecule has 4 heteroatoms. The van der Waals surface area contributed by atoms with Crippen molar-refractivity contribution >= 4 is 39.3 Å². The Hall–Kier alpha value is -1.06. The summed E-state index contributed by atoms with van der Waals surface area (Å²) in [5.41, 5.74) is 0.554. The van der Waals surface area contributed by atoms with Gasteiger partial charge in [-0.15, -0.1) is 11.3 Å². The molecule has 1 aromatic heterocycles. The third-order valence-electron chi connectivity index (χ3n) is 2.08. The maximum atomic E-state index is 10.9. The molecule has 15 heavy (non-hydrogen) atoms. The average Bonchev–Trinajstić information content (AvgIpc) is 2.53. The van der Waals surface area contributed by atoms with Crippen molar-refractivity contribution < 1.29 is 9.53 Å². The Morgan fingerprint density at radius 3 is 3.00 bits per heavy atom. The van der Waals surface area contributed by atoms with E-state index in [0.717, 1.165) is 22.1 Å². The maximum absolute atomic E-state index is 10.9. The lowest BCUT2D eigenvalue weighted by atomic mass is 10.2. The number of benzene rings is 1. The molecular formula is C11H9ClO2S. The van der Waals surface area contributed by atoms with Crippen LogP contribution in [0.25, 0.3) is 10.1 Å². The van der Waals surface area contributed by atoms with Crippen LogP contribution < -0.4 is 4.74 Å². The van der Waals surface area contributed by atoms with E-state index in [0.29, 0.717) is 16.5 Å². The SMILES string of the molecule is CCOc1ccc2sc(Cl)c(C=O)c2c1. The van der Waals surface area contributed by atoms with Gasteiger partial charge in [0.25, 0.3) is 0 Å². The molecule has 2 rings (SSSR count). The first-order valence-corrected chi connectivity index (χ1v) is 5.75. The van der Waals surface area contributed by atoms with Gasteiger partial charge in [-0.05, 0) is 25.1 Å². The van der Waals surface area contributed by atoms with Crippen LogP contribution in [0.5, 0.6) is 5.75 Å². The van der Waals surface area contributed by atoms with Gasteiger partial charge >= 0.3 is 0 Å². The fraction of sp³-hybridized carbons (Fsp3) is 0.182. The number of ether oxygens (including phenoxy) is 1. The molecule has 2 aromatic rings. The summed E-state index contributed by atoms with van der Waals surface area (Å²) in [5, 5.41) is 0.867. The van der Waals surface area contributed by atoms with Gasteiger partial charge in [0, 0.05) is 10.1 Å². The number of thiophene rings is 1. The Balaban J connectivity index is 2.62. The quantitative estimate of drug-likeness (QED) is 0.764. The van der Waals surface area contributed by atoms with Crippen molar-refractivity contribution in [1.82, 2.24) is 0 Å². The fourth-order valence-corrected chi connectivity index (χ4v) is 2.70. The van der Waals surface area contributed by atoms with E-state index in [2.05, 4.69) is 0 Å². The molecule has 0 saturated carbocycles. The van der Waals surface area contributed by atoms with Gasteiger partial charge in [-0.2, -0.15) is 0 Å². The molecule has 0 unspecified atom stereocenters. The molecule has 0 aliphatic heterocycles. The van der Waals surface area contributed by atoms with Crippen molar-refractivity contribution in [3.63, 3.8) is 0 Å². The highest BCUT2D eigenvalue weighted by Gasteiger charge is 2.10. The van der Waals surface area contributed by atoms with Crippen LogP contribution in [-0.4, -0.2) is 12.9 Å². The summed E-state index contributed by atoms with van der Waals surface area (Å²) < 4.78 is 6.91. The van der Waals surface area contributed by atoms with E-state index in [4.69, 9.17) is 16.3 Å². The fourth-order valence-electron chi connectivity index (χ4n) is 1.43. The number of halogens is 1. The lowest BCUT2D eigenvalue weighted by Gasteiger charge is -2.02. The third kappa shape index (κ3) is 1.85. The van der Waals surface area contributed by atoms with E-state index < -0.39 is 0 Å². The Kier molecular flexibility index (Phi) is 2.93. The Morgan fingerprint density at radius 2 is 2.33 bits per heavy atom. The molecule has 0 aliphatic rings. The summed E-state index contributed by atoms with van der Waals surface area (Å²) in [4.78, 5) is 10.9. The van der Waals surface area contributed by atoms with Crippen molar-refractivity contribution in [1.29, 1.82) is 0 Å². The van der Waals surface area contributed by atoms with Crippen molar-refractivity contribution in [2.75, 3.05) is 6.61 Å². The van der Waals surface area contributed by atoms with Gasteiger partial charge in [-0.25, -0.2) is 0 Å². The van der Waals surface area contributed by atoms with Gasteiger partial charge in [-0.3, -0.25) is 4.79 Å². The Bertz CT molecular complexity index is 505. The second kappa shape index (κ2) is 4.21. The number of hydrogen-bond donors (Lipinski definition) is 0. The second-order valence-electron chi connectivity index (χ2n) is 3.00. The third-order valence-corrected chi connectivity index (χ3v) is 3.49. The number of carbonyl (C=O) groups excluding carboxylic acids is 1. The van der Waals surface area contributed by atoms with E-state index in [-0.39, 0.29) is 0 Å².